The smallest absolute Gasteiger partial charge is 0.150 e. The highest BCUT2D eigenvalue weighted by atomic mass is 32.2. The van der Waals surface area contributed by atoms with E-state index in [1.165, 1.54) is 6.26 Å². The number of hydrogen-bond donors (Lipinski definition) is 0. The van der Waals surface area contributed by atoms with Crippen LogP contribution >= 0.6 is 0 Å². The van der Waals surface area contributed by atoms with E-state index in [0.717, 1.165) is 25.7 Å². The van der Waals surface area contributed by atoms with E-state index in [-0.39, 0.29) is 11.2 Å². The Morgan fingerprint density at radius 3 is 2.46 bits per heavy atom. The van der Waals surface area contributed by atoms with Gasteiger partial charge in [-0.2, -0.15) is 0 Å². The maximum absolute atomic E-state index is 11.4. The van der Waals surface area contributed by atoms with Crippen molar-refractivity contribution in [1.82, 2.24) is 0 Å². The minimum absolute atomic E-state index is 0.166. The fourth-order valence-electron chi connectivity index (χ4n) is 2.14. The molecule has 0 aromatic rings. The molecule has 1 saturated carbocycles. The van der Waals surface area contributed by atoms with Gasteiger partial charge in [-0.15, -0.1) is 0 Å². The molecule has 0 spiro atoms. The molecule has 0 amide bonds. The van der Waals surface area contributed by atoms with E-state index in [2.05, 4.69) is 0 Å². The molecule has 2 atom stereocenters. The van der Waals surface area contributed by atoms with E-state index in [0.29, 0.717) is 6.61 Å². The molecule has 1 fully saturated rings. The van der Waals surface area contributed by atoms with E-state index in [9.17, 15) is 8.42 Å². The van der Waals surface area contributed by atoms with Crippen molar-refractivity contribution in [3.63, 3.8) is 0 Å². The molecule has 3 nitrogen and oxygen atoms in total. The van der Waals surface area contributed by atoms with E-state index in [1.807, 2.05) is 0 Å². The highest BCUT2D eigenvalue weighted by molar-refractivity contribution is 7.91. The van der Waals surface area contributed by atoms with Gasteiger partial charge in [0.2, 0.25) is 0 Å². The molecule has 1 aliphatic carbocycles. The van der Waals surface area contributed by atoms with Crippen LogP contribution in [0.15, 0.2) is 0 Å². The Balaban J connectivity index is 2.67. The maximum atomic E-state index is 11.4. The number of rotatable bonds is 3. The van der Waals surface area contributed by atoms with Crippen molar-refractivity contribution >= 4 is 9.84 Å². The van der Waals surface area contributed by atoms with Crippen LogP contribution in [0.1, 0.15) is 25.7 Å². The molecule has 0 bridgehead atoms. The van der Waals surface area contributed by atoms with Crippen LogP contribution in [0.3, 0.4) is 0 Å². The van der Waals surface area contributed by atoms with Crippen LogP contribution in [0, 0.1) is 5.92 Å². The first-order valence-corrected chi connectivity index (χ1v) is 6.69. The van der Waals surface area contributed by atoms with Crippen LogP contribution < -0.4 is 0 Å². The predicted octanol–water partition coefficient (Wildman–Crippen LogP) is 1.24. The normalized spacial score (nSPS) is 30.3. The van der Waals surface area contributed by atoms with Gasteiger partial charge in [-0.1, -0.05) is 12.8 Å². The monoisotopic (exact) mass is 206 g/mol. The number of ether oxygens (including phenoxy) is 1. The summed E-state index contributed by atoms with van der Waals surface area (Å²) in [5, 5.41) is -0.166. The van der Waals surface area contributed by atoms with Gasteiger partial charge in [-0.3, -0.25) is 0 Å². The van der Waals surface area contributed by atoms with E-state index in [1.54, 1.807) is 7.11 Å². The molecule has 0 unspecified atom stereocenters. The zero-order valence-corrected chi connectivity index (χ0v) is 9.14. The van der Waals surface area contributed by atoms with E-state index < -0.39 is 9.84 Å². The van der Waals surface area contributed by atoms with Crippen LogP contribution in [0.4, 0.5) is 0 Å². The van der Waals surface area contributed by atoms with Crippen molar-refractivity contribution in [3.8, 4) is 0 Å². The SMILES string of the molecule is COC[C@@H]1CCCC[C@H]1S(C)(=O)=O. The second-order valence-corrected chi connectivity index (χ2v) is 6.13. The second-order valence-electron chi connectivity index (χ2n) is 3.87. The Kier molecular flexibility index (Phi) is 3.74. The molecular formula is C9H18O3S. The lowest BCUT2D eigenvalue weighted by Crippen LogP contribution is -2.34. The highest BCUT2D eigenvalue weighted by Gasteiger charge is 2.32. The minimum Gasteiger partial charge on any atom is -0.384 e. The summed E-state index contributed by atoms with van der Waals surface area (Å²) in [5.41, 5.74) is 0. The average Bonchev–Trinajstić information content (AvgIpc) is 2.04. The first-order chi connectivity index (χ1) is 6.05. The van der Waals surface area contributed by atoms with Crippen molar-refractivity contribution in [1.29, 1.82) is 0 Å². The molecule has 1 rings (SSSR count). The summed E-state index contributed by atoms with van der Waals surface area (Å²) in [7, 11) is -1.24. The number of sulfone groups is 1. The summed E-state index contributed by atoms with van der Waals surface area (Å²) in [6.45, 7) is 0.581. The van der Waals surface area contributed by atoms with Gasteiger partial charge in [-0.05, 0) is 18.8 Å². The quantitative estimate of drug-likeness (QED) is 0.697. The molecular weight excluding hydrogens is 188 g/mol. The summed E-state index contributed by atoms with van der Waals surface area (Å²) in [4.78, 5) is 0. The van der Waals surface area contributed by atoms with Gasteiger partial charge < -0.3 is 4.74 Å². The summed E-state index contributed by atoms with van der Waals surface area (Å²) in [6, 6.07) is 0. The predicted molar refractivity (Wildman–Crippen MR) is 52.5 cm³/mol. The zero-order chi connectivity index (χ0) is 9.90. The van der Waals surface area contributed by atoms with Crippen molar-refractivity contribution in [2.24, 2.45) is 5.92 Å². The van der Waals surface area contributed by atoms with E-state index >= 15 is 0 Å². The first kappa shape index (κ1) is 11.0. The lowest BCUT2D eigenvalue weighted by atomic mass is 9.89. The van der Waals surface area contributed by atoms with Crippen LogP contribution in [0.5, 0.6) is 0 Å². The molecule has 0 radical (unpaired) electrons. The average molecular weight is 206 g/mol. The summed E-state index contributed by atoms with van der Waals surface area (Å²) >= 11 is 0. The van der Waals surface area contributed by atoms with Crippen LogP contribution in [0.25, 0.3) is 0 Å². The molecule has 0 aromatic heterocycles. The summed E-state index contributed by atoms with van der Waals surface area (Å²) in [6.07, 6.45) is 5.32. The lowest BCUT2D eigenvalue weighted by molar-refractivity contribution is 0.133. The minimum atomic E-state index is -2.88. The third-order valence-electron chi connectivity index (χ3n) is 2.77. The third-order valence-corrected chi connectivity index (χ3v) is 4.49. The molecule has 0 N–H and O–H groups in total. The van der Waals surface area contributed by atoms with Gasteiger partial charge >= 0.3 is 0 Å². The molecule has 0 saturated heterocycles. The topological polar surface area (TPSA) is 43.4 Å². The van der Waals surface area contributed by atoms with Crippen LogP contribution in [-0.2, 0) is 14.6 Å². The lowest BCUT2D eigenvalue weighted by Gasteiger charge is -2.29. The maximum Gasteiger partial charge on any atom is 0.150 e. The summed E-state index contributed by atoms with van der Waals surface area (Å²) in [5.74, 6) is 0.216. The van der Waals surface area contributed by atoms with Crippen molar-refractivity contribution in [3.05, 3.63) is 0 Å². The Morgan fingerprint density at radius 2 is 1.92 bits per heavy atom. The molecule has 0 aromatic carbocycles. The molecule has 1 aliphatic rings. The zero-order valence-electron chi connectivity index (χ0n) is 8.32. The standard InChI is InChI=1S/C9H18O3S/c1-12-7-8-5-3-4-6-9(8)13(2,10)11/h8-9H,3-7H2,1-2H3/t8-,9+/m0/s1. The van der Waals surface area contributed by atoms with Gasteiger partial charge in [-0.25, -0.2) is 8.42 Å². The number of hydrogen-bond acceptors (Lipinski definition) is 3. The fourth-order valence-corrected chi connectivity index (χ4v) is 3.65. The molecule has 0 aliphatic heterocycles. The van der Waals surface area contributed by atoms with Crippen LogP contribution in [0.2, 0.25) is 0 Å². The third kappa shape index (κ3) is 2.95. The molecule has 4 heteroatoms. The Labute approximate surface area is 80.4 Å². The molecule has 0 heterocycles. The van der Waals surface area contributed by atoms with Gasteiger partial charge in [0.1, 0.15) is 0 Å². The van der Waals surface area contributed by atoms with Gasteiger partial charge in [0.25, 0.3) is 0 Å². The Hall–Kier alpha value is -0.0900. The molecule has 78 valence electrons. The van der Waals surface area contributed by atoms with Crippen LogP contribution in [-0.4, -0.2) is 33.6 Å². The molecule has 13 heavy (non-hydrogen) atoms. The van der Waals surface area contributed by atoms with Crippen molar-refractivity contribution in [2.75, 3.05) is 20.0 Å². The van der Waals surface area contributed by atoms with Gasteiger partial charge in [0.15, 0.2) is 9.84 Å². The van der Waals surface area contributed by atoms with Crippen molar-refractivity contribution in [2.45, 2.75) is 30.9 Å². The largest absolute Gasteiger partial charge is 0.384 e. The van der Waals surface area contributed by atoms with Gasteiger partial charge in [0, 0.05) is 13.4 Å². The second kappa shape index (κ2) is 4.42. The highest BCUT2D eigenvalue weighted by Crippen LogP contribution is 2.29. The number of methoxy groups -OCH3 is 1. The summed E-state index contributed by atoms with van der Waals surface area (Å²) < 4.78 is 27.9. The first-order valence-electron chi connectivity index (χ1n) is 4.73. The van der Waals surface area contributed by atoms with Gasteiger partial charge in [0.05, 0.1) is 11.9 Å². The fraction of sp³-hybridized carbons (Fsp3) is 1.00. The van der Waals surface area contributed by atoms with Crippen molar-refractivity contribution < 1.29 is 13.2 Å². The Morgan fingerprint density at radius 1 is 1.31 bits per heavy atom. The van der Waals surface area contributed by atoms with E-state index in [4.69, 9.17) is 4.74 Å². The Bertz CT molecular complexity index is 244.